The smallest absolute Gasteiger partial charge is 0.220 e. The molecule has 0 aromatic rings. The predicted octanol–water partition coefficient (Wildman–Crippen LogP) is 2.87. The first kappa shape index (κ1) is 11.0. The fourth-order valence-corrected chi connectivity index (χ4v) is 3.37. The Morgan fingerprint density at radius 1 is 1.20 bits per heavy atom. The van der Waals surface area contributed by atoms with Gasteiger partial charge in [-0.2, -0.15) is 0 Å². The first-order valence-electron chi connectivity index (χ1n) is 6.60. The van der Waals surface area contributed by atoms with E-state index in [0.29, 0.717) is 12.0 Å². The van der Waals surface area contributed by atoms with Crippen molar-refractivity contribution in [2.75, 3.05) is 0 Å². The van der Waals surface area contributed by atoms with Crippen LogP contribution in [0.4, 0.5) is 0 Å². The van der Waals surface area contributed by atoms with Gasteiger partial charge in [-0.15, -0.1) is 0 Å². The number of rotatable bonds is 2. The maximum atomic E-state index is 11.4. The number of amides is 1. The van der Waals surface area contributed by atoms with E-state index in [1.165, 1.54) is 38.5 Å². The minimum atomic E-state index is 0.288. The average Bonchev–Trinajstić information content (AvgIpc) is 2.47. The highest BCUT2D eigenvalue weighted by Gasteiger charge is 2.36. The molecule has 2 unspecified atom stereocenters. The summed E-state index contributed by atoms with van der Waals surface area (Å²) in [5.41, 5.74) is 0. The van der Waals surface area contributed by atoms with Gasteiger partial charge in [0.15, 0.2) is 0 Å². The third-order valence-electron chi connectivity index (χ3n) is 4.23. The summed E-state index contributed by atoms with van der Waals surface area (Å²) >= 11 is 0. The van der Waals surface area contributed by atoms with Crippen LogP contribution in [0.15, 0.2) is 0 Å². The van der Waals surface area contributed by atoms with E-state index in [0.717, 1.165) is 18.8 Å². The van der Waals surface area contributed by atoms with Gasteiger partial charge in [0.2, 0.25) is 5.91 Å². The highest BCUT2D eigenvalue weighted by Crippen LogP contribution is 2.35. The molecule has 1 amide bonds. The Bertz CT molecular complexity index is 219. The van der Waals surface area contributed by atoms with Crippen molar-refractivity contribution >= 4 is 5.91 Å². The second-order valence-corrected chi connectivity index (χ2v) is 5.20. The summed E-state index contributed by atoms with van der Waals surface area (Å²) in [7, 11) is 0. The van der Waals surface area contributed by atoms with E-state index in [1.807, 2.05) is 0 Å². The normalized spacial score (nSPS) is 33.8. The molecule has 0 radical (unpaired) electrons. The van der Waals surface area contributed by atoms with Crippen LogP contribution >= 0.6 is 0 Å². The molecule has 1 aliphatic carbocycles. The molecule has 1 N–H and O–H groups in total. The third kappa shape index (κ3) is 2.53. The molecule has 2 aliphatic rings. The van der Waals surface area contributed by atoms with Crippen LogP contribution < -0.4 is 5.32 Å². The van der Waals surface area contributed by atoms with Crippen molar-refractivity contribution in [3.8, 4) is 0 Å². The highest BCUT2D eigenvalue weighted by molar-refractivity contribution is 5.79. The van der Waals surface area contributed by atoms with Gasteiger partial charge < -0.3 is 5.32 Å². The number of carbonyl (C=O) groups excluding carboxylic acids is 1. The summed E-state index contributed by atoms with van der Waals surface area (Å²) in [4.78, 5) is 11.4. The van der Waals surface area contributed by atoms with Gasteiger partial charge in [-0.25, -0.2) is 0 Å². The molecule has 2 fully saturated rings. The van der Waals surface area contributed by atoms with Gasteiger partial charge in [-0.3, -0.25) is 4.79 Å². The molecule has 2 atom stereocenters. The monoisotopic (exact) mass is 209 g/mol. The molecular formula is C13H23NO. The Morgan fingerprint density at radius 2 is 1.87 bits per heavy atom. The minimum Gasteiger partial charge on any atom is -0.353 e. The van der Waals surface area contributed by atoms with Gasteiger partial charge in [0.05, 0.1) is 0 Å². The van der Waals surface area contributed by atoms with Gasteiger partial charge >= 0.3 is 0 Å². The number of nitrogens with one attached hydrogen (secondary N) is 1. The molecule has 86 valence electrons. The number of carbonyl (C=O) groups is 1. The SMILES string of the molecule is CCC1NC(=O)CC1C1CCCCCC1. The zero-order chi connectivity index (χ0) is 10.7. The molecule has 1 saturated heterocycles. The molecule has 0 aromatic heterocycles. The van der Waals surface area contributed by atoms with Gasteiger partial charge in [-0.1, -0.05) is 45.4 Å². The summed E-state index contributed by atoms with van der Waals surface area (Å²) in [5, 5.41) is 3.13. The van der Waals surface area contributed by atoms with E-state index < -0.39 is 0 Å². The van der Waals surface area contributed by atoms with Crippen molar-refractivity contribution in [3.63, 3.8) is 0 Å². The van der Waals surface area contributed by atoms with E-state index >= 15 is 0 Å². The van der Waals surface area contributed by atoms with Gasteiger partial charge in [0.25, 0.3) is 0 Å². The summed E-state index contributed by atoms with van der Waals surface area (Å²) in [6.07, 6.45) is 10.2. The molecule has 2 rings (SSSR count). The topological polar surface area (TPSA) is 29.1 Å². The molecule has 1 aliphatic heterocycles. The van der Waals surface area contributed by atoms with Crippen molar-refractivity contribution in [2.24, 2.45) is 11.8 Å². The van der Waals surface area contributed by atoms with Crippen LogP contribution in [0.1, 0.15) is 58.3 Å². The van der Waals surface area contributed by atoms with Crippen molar-refractivity contribution < 1.29 is 4.79 Å². The number of hydrogen-bond donors (Lipinski definition) is 1. The molecule has 1 saturated carbocycles. The molecule has 2 nitrogen and oxygen atoms in total. The molecule has 0 bridgehead atoms. The lowest BCUT2D eigenvalue weighted by atomic mass is 9.80. The lowest BCUT2D eigenvalue weighted by Gasteiger charge is -2.25. The summed E-state index contributed by atoms with van der Waals surface area (Å²) < 4.78 is 0. The van der Waals surface area contributed by atoms with E-state index in [1.54, 1.807) is 0 Å². The first-order chi connectivity index (χ1) is 7.31. The summed E-state index contributed by atoms with van der Waals surface area (Å²) in [5.74, 6) is 1.74. The minimum absolute atomic E-state index is 0.288. The molecule has 15 heavy (non-hydrogen) atoms. The Kier molecular flexibility index (Phi) is 3.66. The van der Waals surface area contributed by atoms with E-state index in [-0.39, 0.29) is 5.91 Å². The zero-order valence-electron chi connectivity index (χ0n) is 9.80. The largest absolute Gasteiger partial charge is 0.353 e. The Balaban J connectivity index is 1.97. The van der Waals surface area contributed by atoms with E-state index in [4.69, 9.17) is 0 Å². The number of hydrogen-bond acceptors (Lipinski definition) is 1. The van der Waals surface area contributed by atoms with E-state index in [9.17, 15) is 4.79 Å². The first-order valence-corrected chi connectivity index (χ1v) is 6.60. The van der Waals surface area contributed by atoms with Crippen LogP contribution in [0.2, 0.25) is 0 Å². The maximum absolute atomic E-state index is 11.4. The van der Waals surface area contributed by atoms with Crippen molar-refractivity contribution in [1.82, 2.24) is 5.32 Å². The Hall–Kier alpha value is -0.530. The molecule has 0 aromatic carbocycles. The van der Waals surface area contributed by atoms with Crippen LogP contribution in [-0.2, 0) is 4.79 Å². The van der Waals surface area contributed by atoms with Gasteiger partial charge in [0.1, 0.15) is 0 Å². The third-order valence-corrected chi connectivity index (χ3v) is 4.23. The van der Waals surface area contributed by atoms with Crippen LogP contribution in [-0.4, -0.2) is 11.9 Å². The quantitative estimate of drug-likeness (QED) is 0.696. The summed E-state index contributed by atoms with van der Waals surface area (Å²) in [6.45, 7) is 2.19. The Labute approximate surface area is 92.8 Å². The molecule has 0 spiro atoms. The van der Waals surface area contributed by atoms with Gasteiger partial charge in [-0.05, 0) is 18.3 Å². The van der Waals surface area contributed by atoms with Crippen LogP contribution in [0.5, 0.6) is 0 Å². The lowest BCUT2D eigenvalue weighted by Crippen LogP contribution is -2.31. The fraction of sp³-hybridized carbons (Fsp3) is 0.923. The maximum Gasteiger partial charge on any atom is 0.220 e. The average molecular weight is 209 g/mol. The molecular weight excluding hydrogens is 186 g/mol. The molecule has 2 heteroatoms. The van der Waals surface area contributed by atoms with Crippen LogP contribution in [0.3, 0.4) is 0 Å². The lowest BCUT2D eigenvalue weighted by molar-refractivity contribution is -0.119. The Morgan fingerprint density at radius 3 is 2.47 bits per heavy atom. The second kappa shape index (κ2) is 5.00. The second-order valence-electron chi connectivity index (χ2n) is 5.20. The zero-order valence-corrected chi connectivity index (χ0v) is 9.80. The van der Waals surface area contributed by atoms with Crippen molar-refractivity contribution in [3.05, 3.63) is 0 Å². The van der Waals surface area contributed by atoms with E-state index in [2.05, 4.69) is 12.2 Å². The van der Waals surface area contributed by atoms with Crippen molar-refractivity contribution in [1.29, 1.82) is 0 Å². The van der Waals surface area contributed by atoms with Crippen LogP contribution in [0.25, 0.3) is 0 Å². The summed E-state index contributed by atoms with van der Waals surface area (Å²) in [6, 6.07) is 0.473. The standard InChI is InChI=1S/C13H23NO/c1-2-12-11(9-13(15)14-12)10-7-5-3-4-6-8-10/h10-12H,2-9H2,1H3,(H,14,15). The highest BCUT2D eigenvalue weighted by atomic mass is 16.2. The van der Waals surface area contributed by atoms with Gasteiger partial charge in [0, 0.05) is 12.5 Å². The molecule has 1 heterocycles. The predicted molar refractivity (Wildman–Crippen MR) is 61.5 cm³/mol. The van der Waals surface area contributed by atoms with Crippen LogP contribution in [0, 0.1) is 11.8 Å². The van der Waals surface area contributed by atoms with Crippen molar-refractivity contribution in [2.45, 2.75) is 64.3 Å². The fourth-order valence-electron chi connectivity index (χ4n) is 3.37.